The third kappa shape index (κ3) is 4.60. The van der Waals surface area contributed by atoms with Crippen LogP contribution in [-0.2, 0) is 0 Å². The molecule has 7 aromatic carbocycles. The Kier molecular flexibility index (Phi) is 6.42. The molecule has 0 spiro atoms. The predicted octanol–water partition coefficient (Wildman–Crippen LogP) is 11.5. The van der Waals surface area contributed by atoms with Gasteiger partial charge in [-0.1, -0.05) is 133 Å². The Morgan fingerprint density at radius 1 is 0.380 bits per heavy atom. The number of hydrogen-bond donors (Lipinski definition) is 0. The van der Waals surface area contributed by atoms with E-state index < -0.39 is 0 Å². The summed E-state index contributed by atoms with van der Waals surface area (Å²) in [4.78, 5) is 15.6. The molecule has 0 aliphatic carbocycles. The first-order chi connectivity index (χ1) is 24.8. The number of fused-ring (bicyclic) bond motifs is 6. The first-order valence-corrected chi connectivity index (χ1v) is 16.7. The monoisotopic (exact) mass is 640 g/mol. The van der Waals surface area contributed by atoms with E-state index in [0.717, 1.165) is 77.1 Å². The quantitative estimate of drug-likeness (QED) is 0.188. The molecule has 0 unspecified atom stereocenters. The Bertz CT molecular complexity index is 2820. The van der Waals surface area contributed by atoms with E-state index in [4.69, 9.17) is 19.4 Å². The average Bonchev–Trinajstić information content (AvgIpc) is 3.74. The Labute approximate surface area is 287 Å². The molecule has 5 nitrogen and oxygen atoms in total. The van der Waals surface area contributed by atoms with Crippen molar-refractivity contribution in [2.75, 3.05) is 0 Å². The average molecular weight is 641 g/mol. The number of rotatable bonds is 5. The maximum absolute atomic E-state index is 6.62. The molecule has 10 rings (SSSR count). The maximum atomic E-state index is 6.62. The lowest BCUT2D eigenvalue weighted by atomic mass is 10.0. The van der Waals surface area contributed by atoms with Crippen LogP contribution in [0.3, 0.4) is 0 Å². The topological polar surface area (TPSA) is 56.7 Å². The highest BCUT2D eigenvalue weighted by Gasteiger charge is 2.20. The Balaban J connectivity index is 1.23. The highest BCUT2D eigenvalue weighted by atomic mass is 16.3. The molecule has 5 heteroatoms. The van der Waals surface area contributed by atoms with Crippen LogP contribution in [0.25, 0.3) is 94.7 Å². The third-order valence-electron chi connectivity index (χ3n) is 9.48. The third-order valence-corrected chi connectivity index (χ3v) is 9.48. The minimum Gasteiger partial charge on any atom is -0.455 e. The number of hydrogen-bond acceptors (Lipinski definition) is 4. The molecule has 0 radical (unpaired) electrons. The van der Waals surface area contributed by atoms with Crippen LogP contribution in [0.4, 0.5) is 0 Å². The minimum absolute atomic E-state index is 0.546. The van der Waals surface area contributed by atoms with Crippen LogP contribution in [0.15, 0.2) is 174 Å². The highest BCUT2D eigenvalue weighted by molar-refractivity contribution is 6.11. The second kappa shape index (κ2) is 11.4. The zero-order chi connectivity index (χ0) is 33.0. The number of furan rings is 1. The van der Waals surface area contributed by atoms with Gasteiger partial charge in [-0.05, 0) is 58.7 Å². The smallest absolute Gasteiger partial charge is 0.238 e. The van der Waals surface area contributed by atoms with Gasteiger partial charge in [0.2, 0.25) is 5.95 Å². The number of benzene rings is 7. The summed E-state index contributed by atoms with van der Waals surface area (Å²) in [7, 11) is 0. The van der Waals surface area contributed by atoms with Gasteiger partial charge in [0, 0.05) is 27.1 Å². The lowest BCUT2D eigenvalue weighted by Crippen LogP contribution is -2.06. The summed E-state index contributed by atoms with van der Waals surface area (Å²) in [5.74, 6) is 1.68. The van der Waals surface area contributed by atoms with Gasteiger partial charge in [0.15, 0.2) is 11.6 Å². The summed E-state index contributed by atoms with van der Waals surface area (Å²) in [6.07, 6.45) is 0. The van der Waals surface area contributed by atoms with Crippen molar-refractivity contribution in [3.8, 4) is 51.0 Å². The van der Waals surface area contributed by atoms with Gasteiger partial charge in [-0.15, -0.1) is 0 Å². The first kappa shape index (κ1) is 28.2. The molecule has 0 bridgehead atoms. The van der Waals surface area contributed by atoms with Crippen molar-refractivity contribution in [1.29, 1.82) is 0 Å². The van der Waals surface area contributed by atoms with Gasteiger partial charge in [0.25, 0.3) is 0 Å². The standard InChI is InChI=1S/C45H28N4O/c1-3-13-29(14-4-1)31-17-11-18-33(27-31)43-46-44(48-45(47-43)49-39-23-9-7-19-34(39)35-20-8-10-24-40(35)49)37-22-12-21-36-38-28-32(30-15-5-2-6-16-30)25-26-41(38)50-42(36)37/h1-28H. The van der Waals surface area contributed by atoms with Crippen molar-refractivity contribution < 1.29 is 4.42 Å². The fourth-order valence-electron chi connectivity index (χ4n) is 7.11. The predicted molar refractivity (Wildman–Crippen MR) is 203 cm³/mol. The molecule has 0 fully saturated rings. The number of para-hydroxylation sites is 3. The van der Waals surface area contributed by atoms with E-state index >= 15 is 0 Å². The molecule has 50 heavy (non-hydrogen) atoms. The zero-order valence-corrected chi connectivity index (χ0v) is 26.9. The van der Waals surface area contributed by atoms with E-state index in [2.05, 4.69) is 156 Å². The van der Waals surface area contributed by atoms with Crippen LogP contribution < -0.4 is 0 Å². The largest absolute Gasteiger partial charge is 0.455 e. The molecule has 0 aliphatic rings. The van der Waals surface area contributed by atoms with E-state index in [1.165, 1.54) is 0 Å². The molecule has 3 aromatic heterocycles. The Morgan fingerprint density at radius 2 is 0.940 bits per heavy atom. The number of nitrogens with zero attached hydrogens (tertiary/aromatic N) is 4. The lowest BCUT2D eigenvalue weighted by molar-refractivity contribution is 0.669. The van der Waals surface area contributed by atoms with Crippen LogP contribution in [-0.4, -0.2) is 19.5 Å². The highest BCUT2D eigenvalue weighted by Crippen LogP contribution is 2.38. The summed E-state index contributed by atoms with van der Waals surface area (Å²) in [5, 5.41) is 4.36. The molecule has 10 aromatic rings. The summed E-state index contributed by atoms with van der Waals surface area (Å²) in [6, 6.07) is 58.6. The molecule has 0 saturated carbocycles. The van der Waals surface area contributed by atoms with Gasteiger partial charge >= 0.3 is 0 Å². The van der Waals surface area contributed by atoms with Crippen molar-refractivity contribution >= 4 is 43.7 Å². The normalized spacial score (nSPS) is 11.6. The van der Waals surface area contributed by atoms with Crippen LogP contribution in [0.2, 0.25) is 0 Å². The van der Waals surface area contributed by atoms with Gasteiger partial charge < -0.3 is 4.42 Å². The summed E-state index contributed by atoms with van der Waals surface area (Å²) in [5.41, 5.74) is 9.87. The SMILES string of the molecule is c1ccc(-c2cccc(-c3nc(-c4cccc5c4oc4ccc(-c6ccccc6)cc45)nc(-n4c5ccccc5c5ccccc54)n3)c2)cc1. The van der Waals surface area contributed by atoms with E-state index in [1.807, 2.05) is 18.2 Å². The molecule has 234 valence electrons. The maximum Gasteiger partial charge on any atom is 0.238 e. The van der Waals surface area contributed by atoms with Crippen molar-refractivity contribution in [2.24, 2.45) is 0 Å². The zero-order valence-electron chi connectivity index (χ0n) is 26.9. The minimum atomic E-state index is 0.546. The van der Waals surface area contributed by atoms with Gasteiger partial charge in [-0.3, -0.25) is 4.57 Å². The van der Waals surface area contributed by atoms with Gasteiger partial charge in [-0.2, -0.15) is 9.97 Å². The van der Waals surface area contributed by atoms with E-state index in [1.54, 1.807) is 0 Å². The van der Waals surface area contributed by atoms with E-state index in [9.17, 15) is 0 Å². The van der Waals surface area contributed by atoms with Crippen LogP contribution in [0, 0.1) is 0 Å². The second-order valence-electron chi connectivity index (χ2n) is 12.5. The second-order valence-corrected chi connectivity index (χ2v) is 12.5. The van der Waals surface area contributed by atoms with Crippen molar-refractivity contribution in [1.82, 2.24) is 19.5 Å². The molecular weight excluding hydrogens is 613 g/mol. The van der Waals surface area contributed by atoms with Crippen LogP contribution in [0.1, 0.15) is 0 Å². The van der Waals surface area contributed by atoms with Gasteiger partial charge in [0.05, 0.1) is 16.6 Å². The number of aromatic nitrogens is 4. The van der Waals surface area contributed by atoms with Crippen molar-refractivity contribution in [3.63, 3.8) is 0 Å². The lowest BCUT2D eigenvalue weighted by Gasteiger charge is -2.12. The molecule has 0 saturated heterocycles. The summed E-state index contributed by atoms with van der Waals surface area (Å²) < 4.78 is 8.76. The Morgan fingerprint density at radius 3 is 1.66 bits per heavy atom. The molecule has 0 amide bonds. The van der Waals surface area contributed by atoms with Crippen molar-refractivity contribution in [3.05, 3.63) is 170 Å². The molecule has 0 aliphatic heterocycles. The Hall–Kier alpha value is -6.85. The van der Waals surface area contributed by atoms with Gasteiger partial charge in [-0.25, -0.2) is 4.98 Å². The van der Waals surface area contributed by atoms with E-state index in [-0.39, 0.29) is 0 Å². The van der Waals surface area contributed by atoms with Crippen molar-refractivity contribution in [2.45, 2.75) is 0 Å². The van der Waals surface area contributed by atoms with E-state index in [0.29, 0.717) is 17.6 Å². The fraction of sp³-hybridized carbons (Fsp3) is 0. The first-order valence-electron chi connectivity index (χ1n) is 16.7. The molecule has 0 N–H and O–H groups in total. The summed E-state index contributed by atoms with van der Waals surface area (Å²) >= 11 is 0. The summed E-state index contributed by atoms with van der Waals surface area (Å²) in [6.45, 7) is 0. The molecule has 0 atom stereocenters. The molecular formula is C45H28N4O. The van der Waals surface area contributed by atoms with Gasteiger partial charge in [0.1, 0.15) is 11.2 Å². The fourth-order valence-corrected chi connectivity index (χ4v) is 7.11. The van der Waals surface area contributed by atoms with Crippen LogP contribution >= 0.6 is 0 Å². The van der Waals surface area contributed by atoms with Crippen LogP contribution in [0.5, 0.6) is 0 Å². The molecule has 3 heterocycles.